The quantitative estimate of drug-likeness (QED) is 0.0775. The van der Waals surface area contributed by atoms with Gasteiger partial charge in [0.2, 0.25) is 29.5 Å². The van der Waals surface area contributed by atoms with E-state index in [1.807, 2.05) is 58.0 Å². The van der Waals surface area contributed by atoms with E-state index in [1.54, 1.807) is 55.1 Å². The van der Waals surface area contributed by atoms with Crippen LogP contribution in [-0.4, -0.2) is 127 Å². The molecule has 66 heavy (non-hydrogen) atoms. The topological polar surface area (TPSA) is 210 Å². The maximum atomic E-state index is 14.2. The summed E-state index contributed by atoms with van der Waals surface area (Å²) < 4.78 is 12.0. The Morgan fingerprint density at radius 1 is 0.864 bits per heavy atom. The van der Waals surface area contributed by atoms with Crippen LogP contribution in [0, 0.1) is 17.8 Å². The van der Waals surface area contributed by atoms with Crippen LogP contribution in [0.25, 0.3) is 0 Å². The van der Waals surface area contributed by atoms with Gasteiger partial charge in [0, 0.05) is 71.6 Å². The molecule has 7 amide bonds. The van der Waals surface area contributed by atoms with Gasteiger partial charge in [0.05, 0.1) is 42.7 Å². The summed E-state index contributed by atoms with van der Waals surface area (Å²) in [5.41, 5.74) is 8.47. The molecule has 0 spiro atoms. The van der Waals surface area contributed by atoms with Gasteiger partial charge in [-0.3, -0.25) is 38.5 Å². The van der Waals surface area contributed by atoms with Crippen molar-refractivity contribution in [1.82, 2.24) is 25.3 Å². The second kappa shape index (κ2) is 26.0. The van der Waals surface area contributed by atoms with E-state index in [9.17, 15) is 33.6 Å². The van der Waals surface area contributed by atoms with E-state index in [4.69, 9.17) is 15.2 Å². The number of amides is 7. The zero-order valence-corrected chi connectivity index (χ0v) is 40.1. The Kier molecular flexibility index (Phi) is 21.0. The molecule has 2 aromatic carbocycles. The molecule has 0 aromatic heterocycles. The number of methoxy groups -OCH3 is 2. The van der Waals surface area contributed by atoms with Crippen LogP contribution in [0.3, 0.4) is 0 Å². The zero-order valence-electron chi connectivity index (χ0n) is 40.1. The van der Waals surface area contributed by atoms with Gasteiger partial charge in [-0.2, -0.15) is 0 Å². The van der Waals surface area contributed by atoms with Crippen LogP contribution in [0.4, 0.5) is 5.69 Å². The molecule has 0 bridgehead atoms. The van der Waals surface area contributed by atoms with Crippen molar-refractivity contribution in [1.29, 1.82) is 0 Å². The minimum Gasteiger partial charge on any atom is -0.379 e. The summed E-state index contributed by atoms with van der Waals surface area (Å²) >= 11 is 0. The molecular formula is C50H73N7O9. The molecule has 8 atom stereocenters. The molecule has 2 aliphatic rings. The number of rotatable bonds is 26. The average Bonchev–Trinajstić information content (AvgIpc) is 3.93. The summed E-state index contributed by atoms with van der Waals surface area (Å²) in [4.78, 5) is 96.2. The monoisotopic (exact) mass is 916 g/mol. The number of hydrogen-bond donors (Lipinski definition) is 4. The standard InChI is InChI=1S/C50H73N7O9/c1-9-33(4)46(55(6)50(64)45(51)32(2)3)40(65-7)30-44(61)56-28-16-19-39(56)47(66-8)34(5)48(62)54-38(29-35-17-12-10-13-18-35)49(63)53-37-23-21-36(22-24-37)31-52-41(58)20-14-11-15-27-57-42(59)25-26-43(57)60/h10,12-13,17-18,21-26,32-34,38-40,45-47H,9,11,14-16,19-20,27-31,51H2,1-8H3,(H,52,58)(H,53,63)(H,54,62)/t33-,34+,38-,39-,40+,45-,46-,47+/m0/s1. The van der Waals surface area contributed by atoms with Crippen LogP contribution in [0.1, 0.15) is 97.1 Å². The number of likely N-dealkylation sites (tertiary alicyclic amines) is 1. The van der Waals surface area contributed by atoms with Gasteiger partial charge < -0.3 is 41.0 Å². The molecule has 0 unspecified atom stereocenters. The molecule has 0 aliphatic carbocycles. The smallest absolute Gasteiger partial charge is 0.253 e. The van der Waals surface area contributed by atoms with E-state index < -0.39 is 54.1 Å². The predicted molar refractivity (Wildman–Crippen MR) is 252 cm³/mol. The van der Waals surface area contributed by atoms with Crippen molar-refractivity contribution in [3.63, 3.8) is 0 Å². The van der Waals surface area contributed by atoms with Crippen molar-refractivity contribution in [2.75, 3.05) is 39.7 Å². The molecule has 1 saturated heterocycles. The van der Waals surface area contributed by atoms with Crippen LogP contribution < -0.4 is 21.7 Å². The molecule has 0 radical (unpaired) electrons. The fourth-order valence-electron chi connectivity index (χ4n) is 8.80. The highest BCUT2D eigenvalue weighted by molar-refractivity contribution is 6.12. The number of benzene rings is 2. The third-order valence-corrected chi connectivity index (χ3v) is 13.1. The Hall–Kier alpha value is -5.45. The predicted octanol–water partition coefficient (Wildman–Crippen LogP) is 4.36. The van der Waals surface area contributed by atoms with E-state index in [1.165, 1.54) is 24.2 Å². The average molecular weight is 916 g/mol. The Morgan fingerprint density at radius 2 is 1.53 bits per heavy atom. The molecule has 2 aliphatic heterocycles. The normalized spacial score (nSPS) is 18.1. The number of imide groups is 1. The maximum absolute atomic E-state index is 14.2. The number of nitrogens with zero attached hydrogens (tertiary/aromatic N) is 3. The van der Waals surface area contributed by atoms with Crippen LogP contribution in [-0.2, 0) is 56.0 Å². The van der Waals surface area contributed by atoms with Crippen LogP contribution in [0.2, 0.25) is 0 Å². The van der Waals surface area contributed by atoms with Gasteiger partial charge in [-0.1, -0.05) is 89.9 Å². The lowest BCUT2D eigenvalue weighted by Gasteiger charge is -2.40. The highest BCUT2D eigenvalue weighted by Crippen LogP contribution is 2.30. The summed E-state index contributed by atoms with van der Waals surface area (Å²) in [5.74, 6) is -2.69. The second-order valence-electron chi connectivity index (χ2n) is 18.0. The molecule has 2 aromatic rings. The Bertz CT molecular complexity index is 1960. The first-order valence-electron chi connectivity index (χ1n) is 23.4. The summed E-state index contributed by atoms with van der Waals surface area (Å²) in [6.07, 6.45) is 5.85. The highest BCUT2D eigenvalue weighted by atomic mass is 16.5. The second-order valence-corrected chi connectivity index (χ2v) is 18.0. The van der Waals surface area contributed by atoms with E-state index in [2.05, 4.69) is 16.0 Å². The molecule has 2 heterocycles. The Labute approximate surface area is 390 Å². The summed E-state index contributed by atoms with van der Waals surface area (Å²) in [7, 11) is 4.81. The van der Waals surface area contributed by atoms with Gasteiger partial charge in [-0.25, -0.2) is 0 Å². The number of nitrogens with one attached hydrogen (secondary N) is 3. The molecule has 16 heteroatoms. The van der Waals surface area contributed by atoms with Gasteiger partial charge >= 0.3 is 0 Å². The molecule has 1 fully saturated rings. The lowest BCUT2D eigenvalue weighted by Crippen LogP contribution is -2.56. The van der Waals surface area contributed by atoms with Crippen molar-refractivity contribution < 1.29 is 43.0 Å². The van der Waals surface area contributed by atoms with Gasteiger partial charge in [-0.05, 0) is 60.8 Å². The minimum absolute atomic E-state index is 0.0167. The molecule has 4 rings (SSSR count). The SMILES string of the molecule is CC[C@H](C)[C@@H]([C@@H](CC(=O)N1CCC[C@H]1[C@H](OC)[C@@H](C)C(=O)N[C@@H](Cc1ccccc1)C(=O)Nc1ccc(CNC(=O)CCCCCN2C(=O)C=CC2=O)cc1)OC)N(C)C(=O)[C@@H](N)C(C)C. The van der Waals surface area contributed by atoms with Gasteiger partial charge in [0.25, 0.3) is 11.8 Å². The molecular weight excluding hydrogens is 843 g/mol. The summed E-state index contributed by atoms with van der Waals surface area (Å²) in [5, 5.41) is 8.83. The van der Waals surface area contributed by atoms with Gasteiger partial charge in [0.15, 0.2) is 0 Å². The van der Waals surface area contributed by atoms with E-state index in [-0.39, 0.29) is 54.2 Å². The lowest BCUT2D eigenvalue weighted by atomic mass is 9.89. The third-order valence-electron chi connectivity index (χ3n) is 13.1. The molecule has 5 N–H and O–H groups in total. The number of nitrogens with two attached hydrogens (primary N) is 1. The van der Waals surface area contributed by atoms with Crippen LogP contribution >= 0.6 is 0 Å². The number of ether oxygens (including phenoxy) is 2. The van der Waals surface area contributed by atoms with E-state index in [0.29, 0.717) is 57.4 Å². The fraction of sp³-hybridized carbons (Fsp3) is 0.580. The first-order chi connectivity index (χ1) is 31.5. The van der Waals surface area contributed by atoms with Crippen molar-refractivity contribution in [3.05, 3.63) is 77.9 Å². The van der Waals surface area contributed by atoms with Gasteiger partial charge in [0.1, 0.15) is 6.04 Å². The largest absolute Gasteiger partial charge is 0.379 e. The zero-order chi connectivity index (χ0) is 48.5. The summed E-state index contributed by atoms with van der Waals surface area (Å²) in [6, 6.07) is 14.0. The minimum atomic E-state index is -0.948. The number of carbonyl (C=O) groups is 7. The number of anilines is 1. The first kappa shape index (κ1) is 53.2. The molecule has 362 valence electrons. The van der Waals surface area contributed by atoms with Crippen LogP contribution in [0.5, 0.6) is 0 Å². The van der Waals surface area contributed by atoms with Crippen molar-refractivity contribution in [2.24, 2.45) is 23.5 Å². The number of carbonyl (C=O) groups excluding carboxylic acids is 7. The number of likely N-dealkylation sites (N-methyl/N-ethyl adjacent to an activating group) is 1. The maximum Gasteiger partial charge on any atom is 0.253 e. The molecule has 16 nitrogen and oxygen atoms in total. The van der Waals surface area contributed by atoms with Crippen LogP contribution in [0.15, 0.2) is 66.7 Å². The first-order valence-corrected chi connectivity index (χ1v) is 23.4. The highest BCUT2D eigenvalue weighted by Gasteiger charge is 2.43. The fourth-order valence-corrected chi connectivity index (χ4v) is 8.80. The van der Waals surface area contributed by atoms with E-state index in [0.717, 1.165) is 24.0 Å². The lowest BCUT2D eigenvalue weighted by molar-refractivity contribution is -0.146. The number of hydrogen-bond acceptors (Lipinski definition) is 10. The third kappa shape index (κ3) is 14.8. The summed E-state index contributed by atoms with van der Waals surface area (Å²) in [6.45, 7) is 10.7. The Morgan fingerprint density at radius 3 is 2.14 bits per heavy atom. The van der Waals surface area contributed by atoms with E-state index >= 15 is 0 Å². The van der Waals surface area contributed by atoms with Gasteiger partial charge in [-0.15, -0.1) is 0 Å². The van der Waals surface area contributed by atoms with Crippen molar-refractivity contribution in [3.8, 4) is 0 Å². The van der Waals surface area contributed by atoms with Crippen molar-refractivity contribution in [2.45, 2.75) is 135 Å². The Balaban J connectivity index is 1.36. The van der Waals surface area contributed by atoms with Crippen molar-refractivity contribution >= 4 is 47.0 Å². The molecule has 0 saturated carbocycles. The number of unbranched alkanes of at least 4 members (excludes halogenated alkanes) is 2.